The standard InChI is InChI=1S/C19H30N2O3/c1-3-18(16-5-7-17(8-6-16)24-4-2)20-19(23)21-12-9-15(10-13-21)11-14-22/h5-8,15,18,22H,3-4,9-14H2,1-2H3,(H,20,23)/t18-/m1/s1. The Morgan fingerprint density at radius 2 is 1.96 bits per heavy atom. The fourth-order valence-corrected chi connectivity index (χ4v) is 3.23. The molecule has 0 spiro atoms. The third-order valence-electron chi connectivity index (χ3n) is 4.74. The van der Waals surface area contributed by atoms with Gasteiger partial charge in [-0.05, 0) is 56.2 Å². The third kappa shape index (κ3) is 5.13. The summed E-state index contributed by atoms with van der Waals surface area (Å²) in [4.78, 5) is 14.4. The Bertz CT molecular complexity index is 496. The molecule has 5 nitrogen and oxygen atoms in total. The zero-order chi connectivity index (χ0) is 17.4. The topological polar surface area (TPSA) is 61.8 Å². The van der Waals surface area contributed by atoms with Gasteiger partial charge in [-0.25, -0.2) is 4.79 Å². The highest BCUT2D eigenvalue weighted by Gasteiger charge is 2.24. The van der Waals surface area contributed by atoms with E-state index in [0.29, 0.717) is 12.5 Å². The van der Waals surface area contributed by atoms with Crippen molar-refractivity contribution in [3.05, 3.63) is 29.8 Å². The average molecular weight is 334 g/mol. The van der Waals surface area contributed by atoms with Crippen LogP contribution in [0.5, 0.6) is 5.75 Å². The number of hydrogen-bond acceptors (Lipinski definition) is 3. The molecule has 0 saturated carbocycles. The molecule has 0 aliphatic carbocycles. The number of carbonyl (C=O) groups excluding carboxylic acids is 1. The Hall–Kier alpha value is -1.75. The van der Waals surface area contributed by atoms with E-state index >= 15 is 0 Å². The van der Waals surface area contributed by atoms with Crippen LogP contribution in [0.1, 0.15) is 51.1 Å². The van der Waals surface area contributed by atoms with Crippen LogP contribution in [-0.4, -0.2) is 42.3 Å². The van der Waals surface area contributed by atoms with Gasteiger partial charge in [0.1, 0.15) is 5.75 Å². The van der Waals surface area contributed by atoms with E-state index in [9.17, 15) is 4.79 Å². The molecule has 1 aliphatic rings. The molecule has 1 aliphatic heterocycles. The number of benzene rings is 1. The molecule has 5 heteroatoms. The Morgan fingerprint density at radius 1 is 1.29 bits per heavy atom. The van der Waals surface area contributed by atoms with Crippen LogP contribution < -0.4 is 10.1 Å². The number of likely N-dealkylation sites (tertiary alicyclic amines) is 1. The van der Waals surface area contributed by atoms with Crippen LogP contribution in [0.25, 0.3) is 0 Å². The van der Waals surface area contributed by atoms with E-state index in [-0.39, 0.29) is 18.7 Å². The van der Waals surface area contributed by atoms with E-state index < -0.39 is 0 Å². The Balaban J connectivity index is 1.89. The summed E-state index contributed by atoms with van der Waals surface area (Å²) >= 11 is 0. The lowest BCUT2D eigenvalue weighted by molar-refractivity contribution is 0.154. The molecule has 1 atom stereocenters. The van der Waals surface area contributed by atoms with Crippen molar-refractivity contribution in [1.29, 1.82) is 0 Å². The molecule has 0 bridgehead atoms. The van der Waals surface area contributed by atoms with E-state index in [1.807, 2.05) is 36.1 Å². The summed E-state index contributed by atoms with van der Waals surface area (Å²) in [5.41, 5.74) is 1.10. The van der Waals surface area contributed by atoms with Crippen LogP contribution >= 0.6 is 0 Å². The van der Waals surface area contributed by atoms with Crippen LogP contribution in [0.3, 0.4) is 0 Å². The lowest BCUT2D eigenvalue weighted by atomic mass is 9.94. The van der Waals surface area contributed by atoms with Gasteiger partial charge in [0.15, 0.2) is 0 Å². The Labute approximate surface area is 145 Å². The van der Waals surface area contributed by atoms with Gasteiger partial charge in [0.05, 0.1) is 12.6 Å². The molecule has 0 radical (unpaired) electrons. The molecular formula is C19H30N2O3. The van der Waals surface area contributed by atoms with Gasteiger partial charge in [0, 0.05) is 19.7 Å². The number of ether oxygens (including phenoxy) is 1. The molecule has 1 fully saturated rings. The minimum absolute atomic E-state index is 0.0122. The van der Waals surface area contributed by atoms with Gasteiger partial charge >= 0.3 is 6.03 Å². The van der Waals surface area contributed by atoms with Gasteiger partial charge in [0.25, 0.3) is 0 Å². The van der Waals surface area contributed by atoms with Crippen LogP contribution in [-0.2, 0) is 0 Å². The van der Waals surface area contributed by atoms with Gasteiger partial charge in [-0.3, -0.25) is 0 Å². The van der Waals surface area contributed by atoms with Crippen molar-refractivity contribution in [2.75, 3.05) is 26.3 Å². The second kappa shape index (κ2) is 9.52. The summed E-state index contributed by atoms with van der Waals surface area (Å²) in [5, 5.41) is 12.2. The van der Waals surface area contributed by atoms with E-state index in [1.165, 1.54) is 0 Å². The molecule has 2 N–H and O–H groups in total. The van der Waals surface area contributed by atoms with Crippen LogP contribution in [0, 0.1) is 5.92 Å². The maximum atomic E-state index is 12.5. The average Bonchev–Trinajstić information content (AvgIpc) is 2.61. The summed E-state index contributed by atoms with van der Waals surface area (Å²) in [6.45, 7) is 6.49. The maximum absolute atomic E-state index is 12.5. The minimum Gasteiger partial charge on any atom is -0.494 e. The van der Waals surface area contributed by atoms with Crippen molar-refractivity contribution < 1.29 is 14.6 Å². The summed E-state index contributed by atoms with van der Waals surface area (Å²) < 4.78 is 5.47. The molecule has 1 aromatic carbocycles. The highest BCUT2D eigenvalue weighted by Crippen LogP contribution is 2.23. The lowest BCUT2D eigenvalue weighted by Crippen LogP contribution is -2.45. The minimum atomic E-state index is 0.0122. The molecule has 2 amide bonds. The third-order valence-corrected chi connectivity index (χ3v) is 4.74. The smallest absolute Gasteiger partial charge is 0.317 e. The van der Waals surface area contributed by atoms with Crippen molar-refractivity contribution >= 4 is 6.03 Å². The number of aliphatic hydroxyl groups excluding tert-OH is 1. The molecule has 1 heterocycles. The first-order valence-corrected chi connectivity index (χ1v) is 9.07. The van der Waals surface area contributed by atoms with Crippen molar-refractivity contribution in [2.24, 2.45) is 5.92 Å². The van der Waals surface area contributed by atoms with Crippen LogP contribution in [0.2, 0.25) is 0 Å². The number of urea groups is 1. The number of nitrogens with one attached hydrogen (secondary N) is 1. The summed E-state index contributed by atoms with van der Waals surface area (Å²) in [6.07, 6.45) is 3.65. The fraction of sp³-hybridized carbons (Fsp3) is 0.632. The second-order valence-corrected chi connectivity index (χ2v) is 6.36. The molecule has 1 saturated heterocycles. The van der Waals surface area contributed by atoms with Crippen LogP contribution in [0.4, 0.5) is 4.79 Å². The zero-order valence-corrected chi connectivity index (χ0v) is 14.8. The van der Waals surface area contributed by atoms with Gasteiger partial charge in [0.2, 0.25) is 0 Å². The number of rotatable bonds is 7. The van der Waals surface area contributed by atoms with Gasteiger partial charge in [-0.15, -0.1) is 0 Å². The second-order valence-electron chi connectivity index (χ2n) is 6.36. The van der Waals surface area contributed by atoms with Crippen molar-refractivity contribution in [3.63, 3.8) is 0 Å². The highest BCUT2D eigenvalue weighted by atomic mass is 16.5. The molecule has 2 rings (SSSR count). The van der Waals surface area contributed by atoms with Crippen LogP contribution in [0.15, 0.2) is 24.3 Å². The largest absolute Gasteiger partial charge is 0.494 e. The predicted octanol–water partition coefficient (Wildman–Crippen LogP) is 3.34. The molecule has 0 aromatic heterocycles. The fourth-order valence-electron chi connectivity index (χ4n) is 3.23. The van der Waals surface area contributed by atoms with E-state index in [0.717, 1.165) is 50.1 Å². The van der Waals surface area contributed by atoms with Gasteiger partial charge in [-0.1, -0.05) is 19.1 Å². The number of amides is 2. The number of hydrogen-bond donors (Lipinski definition) is 2. The molecule has 134 valence electrons. The van der Waals surface area contributed by atoms with Gasteiger partial charge < -0.3 is 20.1 Å². The van der Waals surface area contributed by atoms with Crippen molar-refractivity contribution in [1.82, 2.24) is 10.2 Å². The van der Waals surface area contributed by atoms with E-state index in [4.69, 9.17) is 9.84 Å². The normalized spacial score (nSPS) is 16.7. The van der Waals surface area contributed by atoms with E-state index in [1.54, 1.807) is 0 Å². The number of nitrogens with zero attached hydrogens (tertiary/aromatic N) is 1. The Morgan fingerprint density at radius 3 is 2.50 bits per heavy atom. The summed E-state index contributed by atoms with van der Waals surface area (Å²) in [6, 6.07) is 7.98. The first-order chi connectivity index (χ1) is 11.7. The number of aliphatic hydroxyl groups is 1. The molecule has 1 aromatic rings. The summed E-state index contributed by atoms with van der Waals surface area (Å²) in [7, 11) is 0. The maximum Gasteiger partial charge on any atom is 0.317 e. The SMILES string of the molecule is CCOc1ccc([C@@H](CC)NC(=O)N2CCC(CCO)CC2)cc1. The highest BCUT2D eigenvalue weighted by molar-refractivity contribution is 5.74. The first kappa shape index (κ1) is 18.6. The van der Waals surface area contributed by atoms with E-state index in [2.05, 4.69) is 12.2 Å². The van der Waals surface area contributed by atoms with Gasteiger partial charge in [-0.2, -0.15) is 0 Å². The number of carbonyl (C=O) groups is 1. The lowest BCUT2D eigenvalue weighted by Gasteiger charge is -2.33. The summed E-state index contributed by atoms with van der Waals surface area (Å²) in [5.74, 6) is 1.40. The Kier molecular flexibility index (Phi) is 7.37. The first-order valence-electron chi connectivity index (χ1n) is 9.07. The van der Waals surface area contributed by atoms with Crippen molar-refractivity contribution in [3.8, 4) is 5.75 Å². The molecule has 24 heavy (non-hydrogen) atoms. The van der Waals surface area contributed by atoms with Crippen molar-refractivity contribution in [2.45, 2.75) is 45.6 Å². The predicted molar refractivity (Wildman–Crippen MR) is 95.2 cm³/mol. The monoisotopic (exact) mass is 334 g/mol. The number of piperidine rings is 1. The molecule has 0 unspecified atom stereocenters. The quantitative estimate of drug-likeness (QED) is 0.804. The molecular weight excluding hydrogens is 304 g/mol. The zero-order valence-electron chi connectivity index (χ0n) is 14.8.